The third-order valence-corrected chi connectivity index (χ3v) is 3.92. The molecule has 0 saturated heterocycles. The highest BCUT2D eigenvalue weighted by molar-refractivity contribution is 7.92. The molecule has 0 unspecified atom stereocenters. The number of nitrogens with zero attached hydrogens (tertiary/aromatic N) is 1. The minimum Gasteiger partial charge on any atom is -0.478 e. The first-order chi connectivity index (χ1) is 9.29. The van der Waals surface area contributed by atoms with Crippen LogP contribution in [-0.2, 0) is 17.1 Å². The number of hydrogen-bond donors (Lipinski definition) is 2. The molecule has 0 fully saturated rings. The Morgan fingerprint density at radius 1 is 1.35 bits per heavy atom. The van der Waals surface area contributed by atoms with Gasteiger partial charge in [-0.05, 0) is 24.3 Å². The number of carbonyl (C=O) groups is 1. The maximum atomic E-state index is 13.0. The predicted octanol–water partition coefficient (Wildman–Crippen LogP) is 1.66. The molecule has 2 aromatic rings. The Labute approximate surface area is 114 Å². The lowest BCUT2D eigenvalue weighted by atomic mass is 10.2. The number of sulfonamides is 1. The summed E-state index contributed by atoms with van der Waals surface area (Å²) in [5.41, 5.74) is -0.646. The third kappa shape index (κ3) is 2.80. The van der Waals surface area contributed by atoms with E-state index in [4.69, 9.17) is 5.11 Å². The van der Waals surface area contributed by atoms with E-state index >= 15 is 0 Å². The molecule has 106 valence electrons. The fourth-order valence-corrected chi connectivity index (χ4v) is 2.75. The van der Waals surface area contributed by atoms with Gasteiger partial charge in [-0.3, -0.25) is 4.72 Å². The van der Waals surface area contributed by atoms with Gasteiger partial charge in [0.05, 0.1) is 11.3 Å². The minimum absolute atomic E-state index is 0.0133. The maximum absolute atomic E-state index is 13.0. The van der Waals surface area contributed by atoms with Crippen molar-refractivity contribution in [3.05, 3.63) is 48.0 Å². The SMILES string of the molecule is Cn1ccc(S(=O)(=O)Nc2ccc(F)cc2C(=O)O)c1. The summed E-state index contributed by atoms with van der Waals surface area (Å²) >= 11 is 0. The van der Waals surface area contributed by atoms with Gasteiger partial charge in [-0.25, -0.2) is 17.6 Å². The topological polar surface area (TPSA) is 88.4 Å². The lowest BCUT2D eigenvalue weighted by molar-refractivity contribution is 0.0697. The van der Waals surface area contributed by atoms with Crippen LogP contribution in [0.2, 0.25) is 0 Å². The number of nitrogens with one attached hydrogen (secondary N) is 1. The minimum atomic E-state index is -3.92. The highest BCUT2D eigenvalue weighted by Crippen LogP contribution is 2.21. The van der Waals surface area contributed by atoms with Crippen molar-refractivity contribution in [2.24, 2.45) is 7.05 Å². The molecule has 1 aromatic carbocycles. The average molecular weight is 298 g/mol. The van der Waals surface area contributed by atoms with Crippen molar-refractivity contribution in [2.75, 3.05) is 4.72 Å². The van der Waals surface area contributed by atoms with Gasteiger partial charge in [-0.1, -0.05) is 0 Å². The zero-order valence-electron chi connectivity index (χ0n) is 10.4. The van der Waals surface area contributed by atoms with E-state index in [1.54, 1.807) is 7.05 Å². The Morgan fingerprint density at radius 2 is 2.05 bits per heavy atom. The Hall–Kier alpha value is -2.35. The molecular formula is C12H11FN2O4S. The lowest BCUT2D eigenvalue weighted by Crippen LogP contribution is -2.15. The highest BCUT2D eigenvalue weighted by atomic mass is 32.2. The zero-order chi connectivity index (χ0) is 14.9. The molecule has 0 amide bonds. The largest absolute Gasteiger partial charge is 0.478 e. The van der Waals surface area contributed by atoms with Crippen molar-refractivity contribution in [2.45, 2.75) is 4.90 Å². The normalized spacial score (nSPS) is 11.3. The third-order valence-electron chi connectivity index (χ3n) is 2.57. The number of hydrogen-bond acceptors (Lipinski definition) is 3. The number of aromatic carboxylic acids is 1. The summed E-state index contributed by atoms with van der Waals surface area (Å²) in [6.07, 6.45) is 2.91. The van der Waals surface area contributed by atoms with Gasteiger partial charge in [-0.15, -0.1) is 0 Å². The molecule has 0 aliphatic heterocycles. The van der Waals surface area contributed by atoms with E-state index in [2.05, 4.69) is 4.72 Å². The second kappa shape index (κ2) is 4.97. The molecule has 20 heavy (non-hydrogen) atoms. The summed E-state index contributed by atoms with van der Waals surface area (Å²) in [5.74, 6) is -2.18. The van der Waals surface area contributed by atoms with E-state index in [0.717, 1.165) is 18.2 Å². The Balaban J connectivity index is 2.42. The molecule has 0 saturated carbocycles. The lowest BCUT2D eigenvalue weighted by Gasteiger charge is -2.09. The molecule has 0 bridgehead atoms. The molecule has 2 rings (SSSR count). The van der Waals surface area contributed by atoms with Gasteiger partial charge in [0.25, 0.3) is 10.0 Å². The summed E-state index contributed by atoms with van der Waals surface area (Å²) in [6.45, 7) is 0. The van der Waals surface area contributed by atoms with Crippen LogP contribution in [0.1, 0.15) is 10.4 Å². The number of carboxylic acids is 1. The van der Waals surface area contributed by atoms with Crippen molar-refractivity contribution >= 4 is 21.7 Å². The van der Waals surface area contributed by atoms with Gasteiger partial charge in [0.15, 0.2) is 0 Å². The van der Waals surface area contributed by atoms with Crippen molar-refractivity contribution < 1.29 is 22.7 Å². The quantitative estimate of drug-likeness (QED) is 0.898. The molecular weight excluding hydrogens is 287 g/mol. The molecule has 2 N–H and O–H groups in total. The van der Waals surface area contributed by atoms with E-state index in [0.29, 0.717) is 0 Å². The fraction of sp³-hybridized carbons (Fsp3) is 0.0833. The van der Waals surface area contributed by atoms with Crippen LogP contribution in [0.15, 0.2) is 41.6 Å². The number of benzene rings is 1. The molecule has 1 heterocycles. The predicted molar refractivity (Wildman–Crippen MR) is 69.6 cm³/mol. The van der Waals surface area contributed by atoms with E-state index in [-0.39, 0.29) is 10.6 Å². The maximum Gasteiger partial charge on any atom is 0.337 e. The average Bonchev–Trinajstić information content (AvgIpc) is 2.78. The molecule has 0 aliphatic rings. The van der Waals surface area contributed by atoms with Crippen LogP contribution >= 0.6 is 0 Å². The van der Waals surface area contributed by atoms with Crippen LogP contribution < -0.4 is 4.72 Å². The smallest absolute Gasteiger partial charge is 0.337 e. The van der Waals surface area contributed by atoms with E-state index < -0.39 is 27.4 Å². The van der Waals surface area contributed by atoms with E-state index in [1.165, 1.54) is 23.0 Å². The Bertz CT molecular complexity index is 768. The van der Waals surface area contributed by atoms with Crippen molar-refractivity contribution in [1.82, 2.24) is 4.57 Å². The molecule has 0 spiro atoms. The Kier molecular flexibility index (Phi) is 3.49. The second-order valence-electron chi connectivity index (χ2n) is 4.11. The van der Waals surface area contributed by atoms with Crippen LogP contribution in [0, 0.1) is 5.82 Å². The summed E-state index contributed by atoms with van der Waals surface area (Å²) < 4.78 is 40.8. The van der Waals surface area contributed by atoms with Crippen LogP contribution in [0.25, 0.3) is 0 Å². The number of anilines is 1. The Morgan fingerprint density at radius 3 is 2.60 bits per heavy atom. The first-order valence-corrected chi connectivity index (χ1v) is 6.95. The van der Waals surface area contributed by atoms with Crippen molar-refractivity contribution in [1.29, 1.82) is 0 Å². The van der Waals surface area contributed by atoms with Crippen LogP contribution in [0.4, 0.5) is 10.1 Å². The van der Waals surface area contributed by atoms with Crippen LogP contribution in [0.5, 0.6) is 0 Å². The number of aromatic nitrogens is 1. The summed E-state index contributed by atoms with van der Waals surface area (Å²) in [5, 5.41) is 8.96. The molecule has 6 nitrogen and oxygen atoms in total. The monoisotopic (exact) mass is 298 g/mol. The van der Waals surface area contributed by atoms with Gasteiger partial charge >= 0.3 is 5.97 Å². The summed E-state index contributed by atoms with van der Waals surface area (Å²) in [7, 11) is -2.27. The van der Waals surface area contributed by atoms with Crippen LogP contribution in [-0.4, -0.2) is 24.1 Å². The summed E-state index contributed by atoms with van der Waals surface area (Å²) in [4.78, 5) is 11.0. The van der Waals surface area contributed by atoms with Gasteiger partial charge in [0.2, 0.25) is 0 Å². The van der Waals surface area contributed by atoms with E-state index in [1.807, 2.05) is 0 Å². The van der Waals surface area contributed by atoms with Gasteiger partial charge in [0, 0.05) is 19.4 Å². The zero-order valence-corrected chi connectivity index (χ0v) is 11.2. The van der Waals surface area contributed by atoms with Gasteiger partial charge in [0.1, 0.15) is 10.7 Å². The number of carboxylic acid groups (broad SMARTS) is 1. The van der Waals surface area contributed by atoms with E-state index in [9.17, 15) is 17.6 Å². The molecule has 0 radical (unpaired) electrons. The fourth-order valence-electron chi connectivity index (χ4n) is 1.62. The van der Waals surface area contributed by atoms with Crippen molar-refractivity contribution in [3.63, 3.8) is 0 Å². The first-order valence-electron chi connectivity index (χ1n) is 5.47. The first kappa shape index (κ1) is 14.1. The highest BCUT2D eigenvalue weighted by Gasteiger charge is 2.19. The standard InChI is InChI=1S/C12H11FN2O4S/c1-15-5-4-9(7-15)20(18,19)14-11-3-2-8(13)6-10(11)12(16)17/h2-7,14H,1H3,(H,16,17). The van der Waals surface area contributed by atoms with Gasteiger partial charge < -0.3 is 9.67 Å². The molecule has 1 aromatic heterocycles. The van der Waals surface area contributed by atoms with Crippen LogP contribution in [0.3, 0.4) is 0 Å². The number of rotatable bonds is 4. The second-order valence-corrected chi connectivity index (χ2v) is 5.80. The molecule has 0 atom stereocenters. The number of aryl methyl sites for hydroxylation is 1. The van der Waals surface area contributed by atoms with Crippen molar-refractivity contribution in [3.8, 4) is 0 Å². The number of halogens is 1. The molecule has 8 heteroatoms. The molecule has 0 aliphatic carbocycles. The van der Waals surface area contributed by atoms with Gasteiger partial charge in [-0.2, -0.15) is 0 Å². The summed E-state index contributed by atoms with van der Waals surface area (Å²) in [6, 6.07) is 4.17.